The van der Waals surface area contributed by atoms with Crippen molar-refractivity contribution in [2.45, 2.75) is 44.0 Å². The third kappa shape index (κ3) is 3.36. The molecule has 2 unspecified atom stereocenters. The molecule has 0 aromatic carbocycles. The summed E-state index contributed by atoms with van der Waals surface area (Å²) in [6.45, 7) is 3.10. The molecule has 0 radical (unpaired) electrons. The van der Waals surface area contributed by atoms with Crippen molar-refractivity contribution in [1.82, 2.24) is 10.3 Å². The number of halogens is 1. The highest BCUT2D eigenvalue weighted by Crippen LogP contribution is 2.30. The Morgan fingerprint density at radius 2 is 2.50 bits per heavy atom. The van der Waals surface area contributed by atoms with Crippen molar-refractivity contribution >= 4 is 34.7 Å². The van der Waals surface area contributed by atoms with Crippen LogP contribution in [0.2, 0.25) is 4.34 Å². The predicted molar refractivity (Wildman–Crippen MR) is 73.5 cm³/mol. The maximum Gasteiger partial charge on any atom is 0.113 e. The second-order valence-electron chi connectivity index (χ2n) is 3.97. The first kappa shape index (κ1) is 12.7. The minimum absolute atomic E-state index is 0.660. The molecule has 90 valence electrons. The molecule has 2 nitrogen and oxygen atoms in total. The van der Waals surface area contributed by atoms with E-state index >= 15 is 0 Å². The first-order valence-electron chi connectivity index (χ1n) is 5.74. The van der Waals surface area contributed by atoms with Gasteiger partial charge in [-0.05, 0) is 18.6 Å². The molecular formula is C11H17ClN2S2. The van der Waals surface area contributed by atoms with Gasteiger partial charge in [0, 0.05) is 17.8 Å². The lowest BCUT2D eigenvalue weighted by Gasteiger charge is -2.19. The molecule has 2 atom stereocenters. The largest absolute Gasteiger partial charge is 0.307 e. The second-order valence-corrected chi connectivity index (χ2v) is 7.23. The van der Waals surface area contributed by atoms with Gasteiger partial charge in [0.05, 0.1) is 6.20 Å². The Morgan fingerprint density at radius 1 is 1.62 bits per heavy atom. The maximum atomic E-state index is 5.86. The van der Waals surface area contributed by atoms with Crippen LogP contribution in [0, 0.1) is 0 Å². The Morgan fingerprint density at radius 3 is 3.19 bits per heavy atom. The van der Waals surface area contributed by atoms with Gasteiger partial charge in [0.15, 0.2) is 0 Å². The van der Waals surface area contributed by atoms with Crippen LogP contribution in [-0.2, 0) is 6.54 Å². The van der Waals surface area contributed by atoms with Gasteiger partial charge in [-0.2, -0.15) is 11.8 Å². The van der Waals surface area contributed by atoms with Crippen LogP contribution in [-0.4, -0.2) is 22.0 Å². The molecule has 0 aliphatic heterocycles. The fourth-order valence-corrected chi connectivity index (χ4v) is 4.29. The molecule has 1 heterocycles. The highest BCUT2D eigenvalue weighted by atomic mass is 35.5. The molecule has 2 rings (SSSR count). The lowest BCUT2D eigenvalue weighted by molar-refractivity contribution is 0.531. The standard InChI is InChI=1S/C11H17ClN2S2/c1-2-15-9-5-3-4-8(9)13-7-11-14-6-10(12)16-11/h6,8-9,13H,2-5,7H2,1H3. The highest BCUT2D eigenvalue weighted by Gasteiger charge is 2.26. The lowest BCUT2D eigenvalue weighted by atomic mass is 10.2. The van der Waals surface area contributed by atoms with Crippen molar-refractivity contribution in [3.63, 3.8) is 0 Å². The van der Waals surface area contributed by atoms with Crippen LogP contribution < -0.4 is 5.32 Å². The monoisotopic (exact) mass is 276 g/mol. The molecule has 5 heteroatoms. The Hall–Kier alpha value is 0.230. The molecule has 1 aromatic heterocycles. The van der Waals surface area contributed by atoms with Crippen molar-refractivity contribution in [1.29, 1.82) is 0 Å². The topological polar surface area (TPSA) is 24.9 Å². The highest BCUT2D eigenvalue weighted by molar-refractivity contribution is 7.99. The fraction of sp³-hybridized carbons (Fsp3) is 0.727. The van der Waals surface area contributed by atoms with Gasteiger partial charge in [-0.3, -0.25) is 0 Å². The molecule has 1 N–H and O–H groups in total. The zero-order valence-corrected chi connectivity index (χ0v) is 11.8. The summed E-state index contributed by atoms with van der Waals surface area (Å²) in [7, 11) is 0. The number of thioether (sulfide) groups is 1. The first-order valence-corrected chi connectivity index (χ1v) is 7.99. The van der Waals surface area contributed by atoms with E-state index in [0.29, 0.717) is 6.04 Å². The smallest absolute Gasteiger partial charge is 0.113 e. The minimum atomic E-state index is 0.660. The van der Waals surface area contributed by atoms with Crippen LogP contribution in [0.1, 0.15) is 31.2 Å². The molecule has 0 spiro atoms. The summed E-state index contributed by atoms with van der Waals surface area (Å²) in [5.74, 6) is 1.21. The van der Waals surface area contributed by atoms with Crippen LogP contribution in [0.5, 0.6) is 0 Å². The summed E-state index contributed by atoms with van der Waals surface area (Å²) >= 11 is 9.51. The van der Waals surface area contributed by atoms with E-state index < -0.39 is 0 Å². The zero-order valence-electron chi connectivity index (χ0n) is 9.41. The van der Waals surface area contributed by atoms with Gasteiger partial charge in [-0.25, -0.2) is 4.98 Å². The lowest BCUT2D eigenvalue weighted by Crippen LogP contribution is -2.33. The molecule has 1 fully saturated rings. The Labute approximate surface area is 110 Å². The van der Waals surface area contributed by atoms with E-state index in [9.17, 15) is 0 Å². The Kier molecular flexibility index (Phi) is 4.95. The van der Waals surface area contributed by atoms with Gasteiger partial charge in [0.25, 0.3) is 0 Å². The summed E-state index contributed by atoms with van der Waals surface area (Å²) in [6.07, 6.45) is 5.75. The van der Waals surface area contributed by atoms with Crippen molar-refractivity contribution in [2.24, 2.45) is 0 Å². The van der Waals surface area contributed by atoms with E-state index in [1.54, 1.807) is 17.5 Å². The van der Waals surface area contributed by atoms with Crippen LogP contribution in [0.4, 0.5) is 0 Å². The number of nitrogens with one attached hydrogen (secondary N) is 1. The maximum absolute atomic E-state index is 5.86. The molecule has 0 bridgehead atoms. The Bertz CT molecular complexity index is 330. The van der Waals surface area contributed by atoms with E-state index in [-0.39, 0.29) is 0 Å². The summed E-state index contributed by atoms with van der Waals surface area (Å²) in [5, 5.41) is 5.50. The predicted octanol–water partition coefficient (Wildman–Crippen LogP) is 3.56. The van der Waals surface area contributed by atoms with Gasteiger partial charge in [0.1, 0.15) is 9.34 Å². The van der Waals surface area contributed by atoms with E-state index in [1.165, 1.54) is 25.0 Å². The summed E-state index contributed by atoms with van der Waals surface area (Å²) in [4.78, 5) is 4.27. The molecule has 1 saturated carbocycles. The van der Waals surface area contributed by atoms with Crippen LogP contribution in [0.3, 0.4) is 0 Å². The van der Waals surface area contributed by atoms with Gasteiger partial charge >= 0.3 is 0 Å². The molecule has 1 aliphatic rings. The van der Waals surface area contributed by atoms with Crippen molar-refractivity contribution in [2.75, 3.05) is 5.75 Å². The number of rotatable bonds is 5. The molecule has 0 amide bonds. The normalized spacial score (nSPS) is 25.1. The first-order chi connectivity index (χ1) is 7.79. The van der Waals surface area contributed by atoms with Gasteiger partial charge in [-0.15, -0.1) is 11.3 Å². The van der Waals surface area contributed by atoms with Crippen molar-refractivity contribution in [3.05, 3.63) is 15.5 Å². The average molecular weight is 277 g/mol. The van der Waals surface area contributed by atoms with E-state index in [2.05, 4.69) is 29.0 Å². The fourth-order valence-electron chi connectivity index (χ4n) is 2.16. The van der Waals surface area contributed by atoms with E-state index in [1.807, 2.05) is 0 Å². The number of aromatic nitrogens is 1. The SMILES string of the molecule is CCSC1CCCC1NCc1ncc(Cl)s1. The number of hydrogen-bond donors (Lipinski definition) is 1. The molecular weight excluding hydrogens is 260 g/mol. The summed E-state index contributed by atoms with van der Waals surface area (Å²) in [5.41, 5.74) is 0. The zero-order chi connectivity index (χ0) is 11.4. The van der Waals surface area contributed by atoms with Crippen LogP contribution >= 0.6 is 34.7 Å². The third-order valence-corrected chi connectivity index (χ3v) is 5.31. The van der Waals surface area contributed by atoms with Crippen LogP contribution in [0.15, 0.2) is 6.20 Å². The number of hydrogen-bond acceptors (Lipinski definition) is 4. The van der Waals surface area contributed by atoms with Crippen molar-refractivity contribution in [3.8, 4) is 0 Å². The Balaban J connectivity index is 1.80. The van der Waals surface area contributed by atoms with Crippen LogP contribution in [0.25, 0.3) is 0 Å². The van der Waals surface area contributed by atoms with Gasteiger partial charge in [-0.1, -0.05) is 24.9 Å². The van der Waals surface area contributed by atoms with Gasteiger partial charge < -0.3 is 5.32 Å². The second kappa shape index (κ2) is 6.24. The molecule has 16 heavy (non-hydrogen) atoms. The number of nitrogens with zero attached hydrogens (tertiary/aromatic N) is 1. The summed E-state index contributed by atoms with van der Waals surface area (Å²) in [6, 6.07) is 0.660. The average Bonchev–Trinajstić information content (AvgIpc) is 2.85. The van der Waals surface area contributed by atoms with E-state index in [4.69, 9.17) is 11.6 Å². The van der Waals surface area contributed by atoms with Gasteiger partial charge in [0.2, 0.25) is 0 Å². The molecule has 1 aromatic rings. The third-order valence-electron chi connectivity index (χ3n) is 2.87. The van der Waals surface area contributed by atoms with Crippen molar-refractivity contribution < 1.29 is 0 Å². The van der Waals surface area contributed by atoms with E-state index in [0.717, 1.165) is 21.1 Å². The quantitative estimate of drug-likeness (QED) is 0.890. The molecule has 0 saturated heterocycles. The number of thiazole rings is 1. The minimum Gasteiger partial charge on any atom is -0.307 e. The molecule has 1 aliphatic carbocycles. The summed E-state index contributed by atoms with van der Waals surface area (Å²) < 4.78 is 0.780.